The van der Waals surface area contributed by atoms with E-state index < -0.39 is 51.7 Å². The van der Waals surface area contributed by atoms with Crippen molar-refractivity contribution in [2.45, 2.75) is 53.9 Å². The third kappa shape index (κ3) is 13.4. The molecule has 4 N–H and O–H groups in total. The van der Waals surface area contributed by atoms with Gasteiger partial charge in [-0.1, -0.05) is 71.0 Å². The molecule has 0 fully saturated rings. The first-order valence-electron chi connectivity index (χ1n) is 25.6. The number of aromatic nitrogens is 6. The predicted octanol–water partition coefficient (Wildman–Crippen LogP) is 9.58. The first-order valence-corrected chi connectivity index (χ1v) is 25.6. The average molecular weight is 1060 g/mol. The van der Waals surface area contributed by atoms with Crippen LogP contribution in [0.3, 0.4) is 0 Å². The van der Waals surface area contributed by atoms with Gasteiger partial charge >= 0.3 is 5.97 Å². The van der Waals surface area contributed by atoms with E-state index in [9.17, 15) is 41.8 Å². The van der Waals surface area contributed by atoms with Crippen LogP contribution in [0.15, 0.2) is 119 Å². The number of rotatable bonds is 22. The highest BCUT2D eigenvalue weighted by Crippen LogP contribution is 2.31. The lowest BCUT2D eigenvalue weighted by atomic mass is 10.1. The molecule has 1 amide bonds. The smallest absolute Gasteiger partial charge is 0.335 e. The maximum absolute atomic E-state index is 14.9. The van der Waals surface area contributed by atoms with Crippen LogP contribution < -0.4 is 27.1 Å². The third-order valence-corrected chi connectivity index (χ3v) is 12.8. The molecule has 77 heavy (non-hydrogen) atoms. The number of benzene rings is 4. The van der Waals surface area contributed by atoms with Crippen molar-refractivity contribution in [1.82, 2.24) is 44.2 Å². The first kappa shape index (κ1) is 56.4. The molecule has 0 spiro atoms. The molecular weight excluding hydrogens is 995 g/mol. The van der Waals surface area contributed by atoms with Crippen LogP contribution in [0.5, 0.6) is 0 Å². The van der Waals surface area contributed by atoms with Crippen LogP contribution in [0.2, 0.25) is 0 Å². The van der Waals surface area contributed by atoms with Crippen LogP contribution in [0.1, 0.15) is 74.6 Å². The Morgan fingerprint density at radius 2 is 0.909 bits per heavy atom. The number of anilines is 2. The number of carboxylic acid groups (broad SMARTS) is 1. The van der Waals surface area contributed by atoms with Gasteiger partial charge in [0.15, 0.2) is 11.3 Å². The summed E-state index contributed by atoms with van der Waals surface area (Å²) >= 11 is 0. The zero-order valence-electron chi connectivity index (χ0n) is 43.5. The quantitative estimate of drug-likeness (QED) is 0.0371. The number of amides is 1. The van der Waals surface area contributed by atoms with Gasteiger partial charge in [-0.2, -0.15) is 9.97 Å². The van der Waals surface area contributed by atoms with Crippen molar-refractivity contribution in [2.75, 3.05) is 69.5 Å². The van der Waals surface area contributed by atoms with Crippen molar-refractivity contribution in [3.8, 4) is 33.9 Å². The zero-order valence-corrected chi connectivity index (χ0v) is 43.5. The predicted molar refractivity (Wildman–Crippen MR) is 292 cm³/mol. The second-order valence-electron chi connectivity index (χ2n) is 17.8. The van der Waals surface area contributed by atoms with E-state index in [4.69, 9.17) is 4.98 Å². The third-order valence-electron chi connectivity index (χ3n) is 12.8. The van der Waals surface area contributed by atoms with E-state index in [1.807, 2.05) is 6.92 Å². The largest absolute Gasteiger partial charge is 0.478 e. The lowest BCUT2D eigenvalue weighted by Gasteiger charge is -2.18. The lowest BCUT2D eigenvalue weighted by molar-refractivity contribution is 0.0696. The summed E-state index contributed by atoms with van der Waals surface area (Å²) in [5, 5.41) is 19.3. The van der Waals surface area contributed by atoms with Gasteiger partial charge < -0.3 is 30.9 Å². The Balaban J connectivity index is 0.000000224. The summed E-state index contributed by atoms with van der Waals surface area (Å²) in [5.41, 5.74) is 0.431. The molecule has 0 aliphatic rings. The highest BCUT2D eigenvalue weighted by Gasteiger charge is 2.22. The van der Waals surface area contributed by atoms with Gasteiger partial charge in [-0.15, -0.1) is 0 Å². The van der Waals surface area contributed by atoms with Gasteiger partial charge in [0.2, 0.25) is 11.9 Å². The molecule has 4 aromatic heterocycles. The Hall–Kier alpha value is -8.36. The van der Waals surface area contributed by atoms with E-state index in [1.165, 1.54) is 42.5 Å². The molecule has 8 rings (SSSR count). The summed E-state index contributed by atoms with van der Waals surface area (Å²) in [6.45, 7) is 17.5. The molecule has 20 heteroatoms. The highest BCUT2D eigenvalue weighted by molar-refractivity contribution is 5.97. The minimum Gasteiger partial charge on any atom is -0.478 e. The summed E-state index contributed by atoms with van der Waals surface area (Å²) in [7, 11) is 0. The molecular formula is C57H61F4N11O5. The number of para-hydroxylation sites is 2. The number of halogens is 4. The topological polar surface area (TPSA) is 192 Å². The molecule has 402 valence electrons. The van der Waals surface area contributed by atoms with Crippen molar-refractivity contribution in [3.63, 3.8) is 0 Å². The maximum Gasteiger partial charge on any atom is 0.335 e. The number of pyridine rings is 2. The van der Waals surface area contributed by atoms with Crippen molar-refractivity contribution in [2.24, 2.45) is 0 Å². The fourth-order valence-corrected chi connectivity index (χ4v) is 8.64. The van der Waals surface area contributed by atoms with Gasteiger partial charge in [0, 0.05) is 59.2 Å². The normalized spacial score (nSPS) is 11.3. The molecule has 0 unspecified atom stereocenters. The summed E-state index contributed by atoms with van der Waals surface area (Å²) in [4.78, 5) is 72.6. The van der Waals surface area contributed by atoms with Gasteiger partial charge in [0.1, 0.15) is 34.6 Å². The van der Waals surface area contributed by atoms with Crippen molar-refractivity contribution in [1.29, 1.82) is 0 Å². The number of carbonyl (C=O) groups excluding carboxylic acids is 1. The Bertz CT molecular complexity index is 3440. The van der Waals surface area contributed by atoms with Crippen LogP contribution >= 0.6 is 0 Å². The minimum absolute atomic E-state index is 0.0232. The van der Waals surface area contributed by atoms with Gasteiger partial charge in [0.05, 0.1) is 17.0 Å². The van der Waals surface area contributed by atoms with Gasteiger partial charge in [-0.3, -0.25) is 23.5 Å². The Morgan fingerprint density at radius 3 is 1.27 bits per heavy atom. The van der Waals surface area contributed by atoms with Crippen molar-refractivity contribution in [3.05, 3.63) is 164 Å². The molecule has 4 aromatic carbocycles. The summed E-state index contributed by atoms with van der Waals surface area (Å²) in [6, 6.07) is 25.2. The number of carboxylic acids is 1. The maximum atomic E-state index is 14.9. The summed E-state index contributed by atoms with van der Waals surface area (Å²) < 4.78 is 61.1. The number of fused-ring (bicyclic) bond motifs is 2. The Kier molecular flexibility index (Phi) is 19.3. The fourth-order valence-electron chi connectivity index (χ4n) is 8.64. The van der Waals surface area contributed by atoms with E-state index >= 15 is 0 Å². The molecule has 0 atom stereocenters. The molecule has 8 aromatic rings. The van der Waals surface area contributed by atoms with Crippen LogP contribution in [-0.4, -0.2) is 115 Å². The summed E-state index contributed by atoms with van der Waals surface area (Å²) in [5.74, 6) is -4.43. The molecule has 0 aliphatic heterocycles. The Morgan fingerprint density at radius 1 is 0.519 bits per heavy atom. The lowest BCUT2D eigenvalue weighted by Crippen LogP contribution is -2.25. The van der Waals surface area contributed by atoms with Gasteiger partial charge in [0.25, 0.3) is 17.0 Å². The van der Waals surface area contributed by atoms with Gasteiger partial charge in [-0.25, -0.2) is 32.3 Å². The van der Waals surface area contributed by atoms with Crippen LogP contribution in [-0.2, 0) is 0 Å². The monoisotopic (exact) mass is 1060 g/mol. The van der Waals surface area contributed by atoms with Crippen LogP contribution in [0.25, 0.3) is 56.0 Å². The van der Waals surface area contributed by atoms with Crippen molar-refractivity contribution >= 4 is 45.8 Å². The van der Waals surface area contributed by atoms with E-state index in [1.54, 1.807) is 42.5 Å². The number of hydrogen-bond donors (Lipinski definition) is 4. The van der Waals surface area contributed by atoms with Crippen LogP contribution in [0.4, 0.5) is 29.5 Å². The number of nitrogens with zero attached hydrogens (tertiary/aromatic N) is 8. The average Bonchev–Trinajstić information content (AvgIpc) is 3.49. The van der Waals surface area contributed by atoms with E-state index in [2.05, 4.69) is 68.4 Å². The number of hydrogen-bond acceptors (Lipinski definition) is 12. The minimum atomic E-state index is -1.07. The molecule has 4 heterocycles. The second kappa shape index (κ2) is 26.4. The highest BCUT2D eigenvalue weighted by atomic mass is 19.1. The van der Waals surface area contributed by atoms with Crippen LogP contribution in [0, 0.1) is 23.3 Å². The molecule has 16 nitrogen and oxygen atoms in total. The molecule has 0 bridgehead atoms. The fraction of sp³-hybridized carbons (Fsp3) is 0.298. The number of nitrogens with one attached hydrogen (secondary N) is 3. The second-order valence-corrected chi connectivity index (χ2v) is 17.8. The number of aromatic carboxylic acids is 1. The van der Waals surface area contributed by atoms with Crippen molar-refractivity contribution < 1.29 is 32.3 Å². The zero-order chi connectivity index (χ0) is 55.2. The molecule has 0 aliphatic carbocycles. The molecule has 0 saturated heterocycles. The molecule has 0 saturated carbocycles. The van der Waals surface area contributed by atoms with E-state index in [0.717, 1.165) is 91.9 Å². The van der Waals surface area contributed by atoms with Gasteiger partial charge in [-0.05, 0) is 119 Å². The Labute approximate surface area is 442 Å². The molecule has 0 radical (unpaired) electrons. The van der Waals surface area contributed by atoms with E-state index in [0.29, 0.717) is 58.5 Å². The number of carbonyl (C=O) groups is 2. The standard InChI is InChI=1S/C30H34F2N6O2.C27H27F2N5O3/c1-4-17-33-29(40)21-13-11-20(12-14-21)26-22-15-16-25(39)38(27-23(31)9-7-10-24(27)32)28(22)36-30(35-26)34-18-8-19-37(5-2)6-3;1-3-33(4-2)16-6-15-30-27-31-23(17-9-11-18(12-10-17)26(36)37)19-13-14-22(35)34(25(19)32-27)24-20(28)7-5-8-21(24)29/h7,9-16H,4-6,8,17-19H2,1-3H3,(H,33,40)(H,34,35,36);5,7-14H,3-4,6,15-16H2,1-2H3,(H,36,37)(H,30,31,32). The first-order chi connectivity index (χ1) is 37.2. The summed E-state index contributed by atoms with van der Waals surface area (Å²) in [6.07, 6.45) is 2.45. The SMILES string of the molecule is CCCNC(=O)c1ccc(-c2nc(NCCCN(CC)CC)nc3c2ccc(=O)n3-c2c(F)cccc2F)cc1.CCN(CC)CCCNc1nc(-c2ccc(C(=O)O)cc2)c2ccc(=O)n(-c3c(F)cccc3F)c2n1. The van der Waals surface area contributed by atoms with E-state index in [-0.39, 0.29) is 34.7 Å².